The van der Waals surface area contributed by atoms with Gasteiger partial charge in [-0.15, -0.1) is 0 Å². The average molecular weight is 441 g/mol. The summed E-state index contributed by atoms with van der Waals surface area (Å²) in [5, 5.41) is 5.43. The van der Waals surface area contributed by atoms with Gasteiger partial charge in [0.1, 0.15) is 17.7 Å². The molecule has 2 aromatic rings. The second kappa shape index (κ2) is 9.21. The number of carbonyl (C=O) groups excluding carboxylic acids is 3. The van der Waals surface area contributed by atoms with Gasteiger partial charge in [-0.2, -0.15) is 0 Å². The smallest absolute Gasteiger partial charge is 0.414 e. The minimum Gasteiger partial charge on any atom is -0.442 e. The topological polar surface area (TPSA) is 104 Å². The van der Waals surface area contributed by atoms with E-state index >= 15 is 0 Å². The lowest BCUT2D eigenvalue weighted by Gasteiger charge is -2.20. The van der Waals surface area contributed by atoms with Crippen molar-refractivity contribution in [2.45, 2.75) is 19.4 Å². The Morgan fingerprint density at radius 2 is 2.12 bits per heavy atom. The molecular formula is C22H24FN5O4. The van der Waals surface area contributed by atoms with Gasteiger partial charge in [-0.05, 0) is 30.3 Å². The van der Waals surface area contributed by atoms with Crippen LogP contribution in [0.5, 0.6) is 0 Å². The number of nitrogens with zero attached hydrogens (tertiary/aromatic N) is 3. The second-order valence-corrected chi connectivity index (χ2v) is 7.71. The van der Waals surface area contributed by atoms with Crippen molar-refractivity contribution >= 4 is 29.4 Å². The highest BCUT2D eigenvalue weighted by Gasteiger charge is 2.32. The van der Waals surface area contributed by atoms with Crippen LogP contribution in [0.1, 0.15) is 13.3 Å². The molecule has 32 heavy (non-hydrogen) atoms. The highest BCUT2D eigenvalue weighted by molar-refractivity contribution is 5.90. The normalized spacial score (nSPS) is 18.8. The van der Waals surface area contributed by atoms with Crippen molar-refractivity contribution in [3.05, 3.63) is 42.3 Å². The molecule has 1 aromatic carbocycles. The van der Waals surface area contributed by atoms with Crippen LogP contribution in [-0.4, -0.2) is 61.7 Å². The van der Waals surface area contributed by atoms with Crippen molar-refractivity contribution < 1.29 is 23.5 Å². The van der Waals surface area contributed by atoms with Crippen LogP contribution in [-0.2, 0) is 14.3 Å². The minimum atomic E-state index is -0.580. The maximum Gasteiger partial charge on any atom is 0.414 e. The van der Waals surface area contributed by atoms with E-state index in [9.17, 15) is 18.8 Å². The molecule has 0 saturated carbocycles. The molecule has 2 N–H and O–H groups in total. The van der Waals surface area contributed by atoms with E-state index in [4.69, 9.17) is 4.74 Å². The first-order chi connectivity index (χ1) is 15.4. The van der Waals surface area contributed by atoms with Gasteiger partial charge in [-0.3, -0.25) is 14.5 Å². The third-order valence-corrected chi connectivity index (χ3v) is 5.41. The van der Waals surface area contributed by atoms with Crippen molar-refractivity contribution in [3.8, 4) is 11.1 Å². The Morgan fingerprint density at radius 3 is 2.84 bits per heavy atom. The van der Waals surface area contributed by atoms with Gasteiger partial charge in [0.2, 0.25) is 11.8 Å². The van der Waals surface area contributed by atoms with Crippen LogP contribution in [0.2, 0.25) is 0 Å². The number of ether oxygens (including phenoxy) is 1. The number of hydrogen-bond acceptors (Lipinski definition) is 6. The maximum absolute atomic E-state index is 14.9. The van der Waals surface area contributed by atoms with E-state index in [-0.39, 0.29) is 24.9 Å². The number of amides is 3. The molecular weight excluding hydrogens is 417 g/mol. The van der Waals surface area contributed by atoms with Gasteiger partial charge in [0.15, 0.2) is 0 Å². The number of hydrogen-bond donors (Lipinski definition) is 2. The zero-order valence-electron chi connectivity index (χ0n) is 17.6. The van der Waals surface area contributed by atoms with Gasteiger partial charge < -0.3 is 20.3 Å². The van der Waals surface area contributed by atoms with Crippen molar-refractivity contribution in [2.75, 3.05) is 42.5 Å². The molecule has 9 nitrogen and oxygen atoms in total. The van der Waals surface area contributed by atoms with E-state index in [1.807, 2.05) is 11.0 Å². The summed E-state index contributed by atoms with van der Waals surface area (Å²) < 4.78 is 20.1. The molecule has 0 radical (unpaired) electrons. The molecule has 168 valence electrons. The number of carbonyl (C=O) groups is 3. The number of anilines is 2. The molecule has 4 rings (SSSR count). The fourth-order valence-corrected chi connectivity index (χ4v) is 3.73. The zero-order valence-corrected chi connectivity index (χ0v) is 17.6. The predicted octanol–water partition coefficient (Wildman–Crippen LogP) is 1.68. The molecule has 1 atom stereocenters. The first-order valence-electron chi connectivity index (χ1n) is 10.4. The van der Waals surface area contributed by atoms with Gasteiger partial charge >= 0.3 is 6.09 Å². The summed E-state index contributed by atoms with van der Waals surface area (Å²) in [6.07, 6.45) is 0.935. The largest absolute Gasteiger partial charge is 0.442 e. The van der Waals surface area contributed by atoms with Gasteiger partial charge in [0, 0.05) is 50.3 Å². The third kappa shape index (κ3) is 4.79. The van der Waals surface area contributed by atoms with Crippen LogP contribution in [0.3, 0.4) is 0 Å². The van der Waals surface area contributed by atoms with Crippen LogP contribution >= 0.6 is 0 Å². The van der Waals surface area contributed by atoms with E-state index in [2.05, 4.69) is 15.6 Å². The van der Waals surface area contributed by atoms with E-state index < -0.39 is 18.0 Å². The van der Waals surface area contributed by atoms with Crippen LogP contribution in [0, 0.1) is 5.82 Å². The van der Waals surface area contributed by atoms with Gasteiger partial charge in [0.05, 0.1) is 18.8 Å². The Bertz CT molecular complexity index is 1030. The molecule has 2 aliphatic heterocycles. The van der Waals surface area contributed by atoms with E-state index in [1.165, 1.54) is 17.9 Å². The summed E-state index contributed by atoms with van der Waals surface area (Å²) >= 11 is 0. The number of aromatic nitrogens is 1. The molecule has 10 heteroatoms. The molecule has 0 spiro atoms. The van der Waals surface area contributed by atoms with E-state index in [0.717, 1.165) is 5.82 Å². The lowest BCUT2D eigenvalue weighted by molar-refractivity contribution is -0.120. The Labute approximate surface area is 184 Å². The highest BCUT2D eigenvalue weighted by atomic mass is 19.1. The zero-order chi connectivity index (χ0) is 22.7. The first-order valence-corrected chi connectivity index (χ1v) is 10.4. The summed E-state index contributed by atoms with van der Waals surface area (Å²) in [7, 11) is 0. The van der Waals surface area contributed by atoms with E-state index in [1.54, 1.807) is 24.4 Å². The fourth-order valence-electron chi connectivity index (χ4n) is 3.73. The van der Waals surface area contributed by atoms with Gasteiger partial charge in [-0.1, -0.05) is 0 Å². The highest BCUT2D eigenvalue weighted by Crippen LogP contribution is 2.29. The van der Waals surface area contributed by atoms with E-state index in [0.29, 0.717) is 42.9 Å². The van der Waals surface area contributed by atoms with Crippen molar-refractivity contribution in [2.24, 2.45) is 0 Å². The lowest BCUT2D eigenvalue weighted by Crippen LogP contribution is -2.33. The first kappa shape index (κ1) is 21.5. The number of benzene rings is 1. The number of pyridine rings is 1. The predicted molar refractivity (Wildman–Crippen MR) is 116 cm³/mol. The average Bonchev–Trinajstić information content (AvgIpc) is 3.01. The maximum atomic E-state index is 14.9. The third-order valence-electron chi connectivity index (χ3n) is 5.41. The number of rotatable bonds is 5. The Morgan fingerprint density at radius 1 is 1.28 bits per heavy atom. The number of nitrogens with one attached hydrogen (secondary N) is 2. The Kier molecular flexibility index (Phi) is 6.20. The van der Waals surface area contributed by atoms with Crippen LogP contribution < -0.4 is 20.4 Å². The summed E-state index contributed by atoms with van der Waals surface area (Å²) in [5.41, 5.74) is 1.35. The van der Waals surface area contributed by atoms with Gasteiger partial charge in [-0.25, -0.2) is 14.2 Å². The molecule has 3 heterocycles. The molecule has 1 aromatic heterocycles. The standard InChI is InChI=1S/C22H24FN5O4/c1-14(29)25-12-17-13-28(22(31)32-17)16-3-4-18(19(23)10-16)15-2-5-20(26-11-15)27-8-6-21(30)24-7-9-27/h2-5,10-11,17H,6-9,12-13H2,1H3,(H,24,30)(H,25,29). The molecule has 2 aliphatic rings. The Balaban J connectivity index is 1.46. The molecule has 0 bridgehead atoms. The lowest BCUT2D eigenvalue weighted by atomic mass is 10.1. The molecule has 1 unspecified atom stereocenters. The summed E-state index contributed by atoms with van der Waals surface area (Å²) in [6, 6.07) is 8.14. The molecule has 0 aliphatic carbocycles. The van der Waals surface area contributed by atoms with Crippen LogP contribution in [0.25, 0.3) is 11.1 Å². The molecule has 3 amide bonds. The monoisotopic (exact) mass is 441 g/mol. The SMILES string of the molecule is CC(=O)NCC1CN(c2ccc(-c3ccc(N4CCNC(=O)CC4)nc3)c(F)c2)C(=O)O1. The summed E-state index contributed by atoms with van der Waals surface area (Å²) in [6.45, 7) is 3.62. The second-order valence-electron chi connectivity index (χ2n) is 7.71. The fraction of sp³-hybridized carbons (Fsp3) is 0.364. The van der Waals surface area contributed by atoms with Crippen molar-refractivity contribution in [1.82, 2.24) is 15.6 Å². The molecule has 2 saturated heterocycles. The Hall–Kier alpha value is -3.69. The number of cyclic esters (lactones) is 1. The van der Waals surface area contributed by atoms with Crippen molar-refractivity contribution in [3.63, 3.8) is 0 Å². The summed E-state index contributed by atoms with van der Waals surface area (Å²) in [5.74, 6) is 0.0529. The molecule has 2 fully saturated rings. The van der Waals surface area contributed by atoms with Crippen LogP contribution in [0.4, 0.5) is 20.7 Å². The van der Waals surface area contributed by atoms with Crippen molar-refractivity contribution in [1.29, 1.82) is 0 Å². The quantitative estimate of drug-likeness (QED) is 0.732. The summed E-state index contributed by atoms with van der Waals surface area (Å²) in [4.78, 5) is 42.5. The van der Waals surface area contributed by atoms with Gasteiger partial charge in [0.25, 0.3) is 0 Å². The number of halogens is 1. The van der Waals surface area contributed by atoms with Crippen LogP contribution in [0.15, 0.2) is 36.5 Å². The minimum absolute atomic E-state index is 0.0228.